The summed E-state index contributed by atoms with van der Waals surface area (Å²) < 4.78 is 6.15. The molecule has 5 nitrogen and oxygen atoms in total. The van der Waals surface area contributed by atoms with Gasteiger partial charge in [0.05, 0.1) is 5.69 Å². The first kappa shape index (κ1) is 13.6. The zero-order valence-corrected chi connectivity index (χ0v) is 11.8. The summed E-state index contributed by atoms with van der Waals surface area (Å²) in [5, 5.41) is 8.81. The van der Waals surface area contributed by atoms with Crippen molar-refractivity contribution >= 4 is 33.5 Å². The van der Waals surface area contributed by atoms with E-state index in [-0.39, 0.29) is 24.6 Å². The molecule has 1 aliphatic rings. The Kier molecular flexibility index (Phi) is 3.90. The van der Waals surface area contributed by atoms with Gasteiger partial charge in [-0.2, -0.15) is 0 Å². The zero-order valence-electron chi connectivity index (χ0n) is 10.2. The molecule has 0 radical (unpaired) electrons. The largest absolute Gasteiger partial charge is 0.482 e. The van der Waals surface area contributed by atoms with Crippen LogP contribution in [-0.4, -0.2) is 30.1 Å². The highest BCUT2D eigenvalue weighted by Crippen LogP contribution is 2.34. The monoisotopic (exact) mass is 325 g/mol. The molecule has 6 heteroatoms. The quantitative estimate of drug-likeness (QED) is 0.865. The van der Waals surface area contributed by atoms with E-state index in [0.29, 0.717) is 11.4 Å². The molecule has 0 bridgehead atoms. The molecule has 1 aromatic carbocycles. The lowest BCUT2D eigenvalue weighted by Gasteiger charge is -2.28. The van der Waals surface area contributed by atoms with Gasteiger partial charge < -0.3 is 14.7 Å². The van der Waals surface area contributed by atoms with Gasteiger partial charge in [0.25, 0.3) is 5.91 Å². The molecule has 0 atom stereocenters. The third-order valence-corrected chi connectivity index (χ3v) is 3.27. The van der Waals surface area contributed by atoms with Gasteiger partial charge in [0.1, 0.15) is 5.75 Å². The molecule has 100 valence electrons. The molecule has 1 heterocycles. The van der Waals surface area contributed by atoms with Gasteiger partial charge in [0.2, 0.25) is 0 Å². The Morgan fingerprint density at radius 1 is 1.58 bits per heavy atom. The summed E-state index contributed by atoms with van der Waals surface area (Å²) in [7, 11) is 0. The van der Waals surface area contributed by atoms with E-state index in [0.717, 1.165) is 4.47 Å². The van der Waals surface area contributed by atoms with E-state index in [4.69, 9.17) is 9.84 Å². The van der Waals surface area contributed by atoms with E-state index in [1.807, 2.05) is 6.07 Å². The third kappa shape index (κ3) is 2.96. The van der Waals surface area contributed by atoms with Crippen LogP contribution in [0.4, 0.5) is 5.69 Å². The molecular formula is C13H12BrNO4. The van der Waals surface area contributed by atoms with E-state index >= 15 is 0 Å². The molecule has 1 aliphatic heterocycles. The predicted molar refractivity (Wildman–Crippen MR) is 73.4 cm³/mol. The van der Waals surface area contributed by atoms with Crippen molar-refractivity contribution in [2.24, 2.45) is 0 Å². The highest BCUT2D eigenvalue weighted by Gasteiger charge is 2.24. The zero-order chi connectivity index (χ0) is 14.0. The maximum Gasteiger partial charge on any atom is 0.331 e. The van der Waals surface area contributed by atoms with Crippen LogP contribution in [0, 0.1) is 0 Å². The van der Waals surface area contributed by atoms with Crippen molar-refractivity contribution in [2.75, 3.05) is 18.1 Å². The van der Waals surface area contributed by atoms with Crippen LogP contribution in [0.3, 0.4) is 0 Å². The fraction of sp³-hybridized carbons (Fsp3) is 0.231. The Morgan fingerprint density at radius 2 is 2.32 bits per heavy atom. The van der Waals surface area contributed by atoms with Crippen LogP contribution in [0.5, 0.6) is 5.75 Å². The number of amides is 1. The number of halogens is 1. The standard InChI is InChI=1S/C13H12BrNO4/c1-8(13(17)18)4-5-15-10-6-9(14)2-3-11(10)19-7-12(15)16/h2-4,6H,5,7H2,1H3,(H,17,18). The summed E-state index contributed by atoms with van der Waals surface area (Å²) in [4.78, 5) is 24.1. The van der Waals surface area contributed by atoms with Crippen LogP contribution in [-0.2, 0) is 9.59 Å². The second-order valence-electron chi connectivity index (χ2n) is 4.10. The summed E-state index contributed by atoms with van der Waals surface area (Å²) in [6.07, 6.45) is 1.51. The van der Waals surface area contributed by atoms with Gasteiger partial charge in [0, 0.05) is 16.6 Å². The van der Waals surface area contributed by atoms with E-state index < -0.39 is 5.97 Å². The minimum Gasteiger partial charge on any atom is -0.482 e. The lowest BCUT2D eigenvalue weighted by Crippen LogP contribution is -2.39. The Bertz CT molecular complexity index is 568. The number of carbonyl (C=O) groups excluding carboxylic acids is 1. The number of ether oxygens (including phenoxy) is 1. The topological polar surface area (TPSA) is 66.8 Å². The summed E-state index contributed by atoms with van der Waals surface area (Å²) in [6, 6.07) is 5.37. The van der Waals surface area contributed by atoms with Crippen molar-refractivity contribution in [3.8, 4) is 5.75 Å². The van der Waals surface area contributed by atoms with Crippen LogP contribution < -0.4 is 9.64 Å². The van der Waals surface area contributed by atoms with Gasteiger partial charge in [-0.3, -0.25) is 4.79 Å². The molecule has 19 heavy (non-hydrogen) atoms. The van der Waals surface area contributed by atoms with Crippen molar-refractivity contribution in [3.05, 3.63) is 34.3 Å². The van der Waals surface area contributed by atoms with Crippen molar-refractivity contribution in [2.45, 2.75) is 6.92 Å². The Hall–Kier alpha value is -1.82. The predicted octanol–water partition coefficient (Wildman–Crippen LogP) is 2.21. The average molecular weight is 326 g/mol. The number of nitrogens with zero attached hydrogens (tertiary/aromatic N) is 1. The smallest absolute Gasteiger partial charge is 0.331 e. The lowest BCUT2D eigenvalue weighted by molar-refractivity contribution is -0.132. The summed E-state index contributed by atoms with van der Waals surface area (Å²) in [6.45, 7) is 1.67. The molecule has 0 saturated carbocycles. The van der Waals surface area contributed by atoms with Crippen LogP contribution >= 0.6 is 15.9 Å². The fourth-order valence-corrected chi connectivity index (χ4v) is 2.04. The molecule has 0 unspecified atom stereocenters. The number of anilines is 1. The van der Waals surface area contributed by atoms with Gasteiger partial charge in [-0.15, -0.1) is 0 Å². The molecule has 2 rings (SSSR count). The Morgan fingerprint density at radius 3 is 3.00 bits per heavy atom. The summed E-state index contributed by atoms with van der Waals surface area (Å²) in [5.74, 6) is -0.570. The van der Waals surface area contributed by atoms with E-state index in [1.54, 1.807) is 12.1 Å². The lowest BCUT2D eigenvalue weighted by atomic mass is 10.2. The second-order valence-corrected chi connectivity index (χ2v) is 5.01. The fourth-order valence-electron chi connectivity index (χ4n) is 1.69. The van der Waals surface area contributed by atoms with Crippen LogP contribution in [0.1, 0.15) is 6.92 Å². The highest BCUT2D eigenvalue weighted by molar-refractivity contribution is 9.10. The molecule has 0 saturated heterocycles. The maximum atomic E-state index is 11.9. The molecule has 1 N–H and O–H groups in total. The second kappa shape index (κ2) is 5.44. The molecule has 0 spiro atoms. The normalized spacial score (nSPS) is 14.9. The first-order valence-corrected chi connectivity index (χ1v) is 6.41. The van der Waals surface area contributed by atoms with Gasteiger partial charge in [-0.1, -0.05) is 22.0 Å². The van der Waals surface area contributed by atoms with E-state index in [9.17, 15) is 9.59 Å². The minimum atomic E-state index is -0.991. The van der Waals surface area contributed by atoms with Crippen LogP contribution in [0.2, 0.25) is 0 Å². The Labute approximate surface area is 118 Å². The molecule has 1 amide bonds. The number of hydrogen-bond donors (Lipinski definition) is 1. The average Bonchev–Trinajstić information content (AvgIpc) is 2.37. The first-order valence-electron chi connectivity index (χ1n) is 5.62. The Balaban J connectivity index is 2.30. The SMILES string of the molecule is CC(=CCN1C(=O)COc2ccc(Br)cc21)C(=O)O. The number of aliphatic carboxylic acids is 1. The van der Waals surface area contributed by atoms with E-state index in [2.05, 4.69) is 15.9 Å². The molecule has 0 aliphatic carbocycles. The van der Waals surface area contributed by atoms with Gasteiger partial charge in [-0.25, -0.2) is 4.79 Å². The number of hydrogen-bond acceptors (Lipinski definition) is 3. The van der Waals surface area contributed by atoms with Crippen molar-refractivity contribution < 1.29 is 19.4 Å². The molecule has 1 aromatic rings. The first-order chi connectivity index (χ1) is 8.99. The number of rotatable bonds is 3. The highest BCUT2D eigenvalue weighted by atomic mass is 79.9. The third-order valence-electron chi connectivity index (χ3n) is 2.78. The minimum absolute atomic E-state index is 0.0331. The van der Waals surface area contributed by atoms with E-state index in [1.165, 1.54) is 17.9 Å². The molecular weight excluding hydrogens is 314 g/mol. The number of fused-ring (bicyclic) bond motifs is 1. The summed E-state index contributed by atoms with van der Waals surface area (Å²) in [5.41, 5.74) is 0.843. The van der Waals surface area contributed by atoms with Crippen LogP contribution in [0.25, 0.3) is 0 Å². The number of carboxylic acid groups (broad SMARTS) is 1. The van der Waals surface area contributed by atoms with Crippen molar-refractivity contribution in [3.63, 3.8) is 0 Å². The van der Waals surface area contributed by atoms with Gasteiger partial charge in [-0.05, 0) is 25.1 Å². The molecule has 0 aromatic heterocycles. The van der Waals surface area contributed by atoms with Crippen molar-refractivity contribution in [1.29, 1.82) is 0 Å². The van der Waals surface area contributed by atoms with Crippen molar-refractivity contribution in [1.82, 2.24) is 0 Å². The number of benzene rings is 1. The van der Waals surface area contributed by atoms with Gasteiger partial charge in [0.15, 0.2) is 6.61 Å². The molecule has 0 fully saturated rings. The maximum absolute atomic E-state index is 11.9. The van der Waals surface area contributed by atoms with Crippen LogP contribution in [0.15, 0.2) is 34.3 Å². The number of carbonyl (C=O) groups is 2. The van der Waals surface area contributed by atoms with Gasteiger partial charge >= 0.3 is 5.97 Å². The number of carboxylic acids is 1. The summed E-state index contributed by atoms with van der Waals surface area (Å²) >= 11 is 3.34.